The first-order valence-corrected chi connectivity index (χ1v) is 21.5. The highest BCUT2D eigenvalue weighted by molar-refractivity contribution is 7.22. The topological polar surface area (TPSA) is 146 Å². The summed E-state index contributed by atoms with van der Waals surface area (Å²) >= 11 is 1.52. The maximum Gasteiger partial charge on any atom is 0.488 e. The van der Waals surface area contributed by atoms with Gasteiger partial charge in [0.1, 0.15) is 17.5 Å². The van der Waals surface area contributed by atoms with E-state index in [-0.39, 0.29) is 29.9 Å². The van der Waals surface area contributed by atoms with Gasteiger partial charge in [0.25, 0.3) is 5.91 Å². The Balaban J connectivity index is 0.729. The summed E-state index contributed by atoms with van der Waals surface area (Å²) in [6, 6.07) is 26.1. The van der Waals surface area contributed by atoms with Crippen molar-refractivity contribution in [1.29, 1.82) is 0 Å². The number of aromatic hydroxyl groups is 1. The molecule has 3 saturated heterocycles. The monoisotopic (exact) mass is 813 g/mol. The number of imide groups is 1. The number of hydrogen-bond donors (Lipinski definition) is 4. The number of nitrogens with zero attached hydrogens (tertiary/aromatic N) is 4. The molecule has 0 spiro atoms. The molecule has 5 aromatic rings. The molecule has 0 bridgehead atoms. The van der Waals surface area contributed by atoms with Gasteiger partial charge in [-0.25, -0.2) is 0 Å². The van der Waals surface area contributed by atoms with Crippen molar-refractivity contribution in [1.82, 2.24) is 15.1 Å². The van der Waals surface area contributed by atoms with E-state index in [2.05, 4.69) is 38.2 Å². The number of phenolic OH excluding ortho intramolecular Hbond substituents is 1. The molecule has 0 radical (unpaired) electrons. The standard InChI is InChI=1S/C45H48BN5O7S/c52-35-10-14-38-40(27-35)59-43(30-3-5-32(6-4-30)46(56)57)42(38)58-36-11-7-33(8-12-36)49-20-17-29(18-21-49)2-1-19-48-22-24-50(25-23-48)34-9-13-37-31(26-34)28-51(45(37)55)39-15-16-41(53)47-44(39)54/h3-14,26-27,29,39,52,56-57H,1-2,15-25,28H2,(H,47,53,54). The number of amides is 3. The second-order valence-corrected chi connectivity index (χ2v) is 17.2. The van der Waals surface area contributed by atoms with E-state index >= 15 is 0 Å². The molecule has 9 rings (SSSR count). The predicted octanol–water partition coefficient (Wildman–Crippen LogP) is 5.33. The molecule has 4 N–H and O–H groups in total. The van der Waals surface area contributed by atoms with Crippen LogP contribution in [0.25, 0.3) is 20.5 Å². The van der Waals surface area contributed by atoms with Crippen LogP contribution in [0.3, 0.4) is 0 Å². The van der Waals surface area contributed by atoms with Gasteiger partial charge in [0.05, 0.1) is 4.88 Å². The number of carbonyl (C=O) groups is 3. The van der Waals surface area contributed by atoms with E-state index in [1.807, 2.05) is 42.5 Å². The Bertz CT molecular complexity index is 2360. The molecule has 3 fully saturated rings. The molecule has 12 nitrogen and oxygen atoms in total. The molecule has 59 heavy (non-hydrogen) atoms. The zero-order valence-electron chi connectivity index (χ0n) is 32.9. The molecule has 3 amide bonds. The van der Waals surface area contributed by atoms with Gasteiger partial charge in [-0.05, 0) is 122 Å². The SMILES string of the molecule is O=C1CCC(N2Cc3cc(N4CCN(CCCC5CCN(c6ccc(Oc7c(-c8ccc(B(O)O)cc8)sc8cc(O)ccc78)cc6)CC5)CC4)ccc3C2=O)C(=O)N1. The Morgan fingerprint density at radius 2 is 1.53 bits per heavy atom. The van der Waals surface area contributed by atoms with Crippen LogP contribution in [0.4, 0.5) is 11.4 Å². The molecule has 1 aromatic heterocycles. The highest BCUT2D eigenvalue weighted by Crippen LogP contribution is 2.47. The zero-order chi connectivity index (χ0) is 40.6. The number of rotatable bonds is 11. The van der Waals surface area contributed by atoms with E-state index in [1.54, 1.807) is 29.2 Å². The largest absolute Gasteiger partial charge is 0.508 e. The smallest absolute Gasteiger partial charge is 0.488 e. The number of ether oxygens (including phenoxy) is 1. The van der Waals surface area contributed by atoms with Crippen molar-refractivity contribution >= 4 is 63.1 Å². The molecule has 1 atom stereocenters. The summed E-state index contributed by atoms with van der Waals surface area (Å²) in [6.45, 7) is 7.45. The highest BCUT2D eigenvalue weighted by atomic mass is 32.1. The summed E-state index contributed by atoms with van der Waals surface area (Å²) in [5, 5.41) is 32.6. The van der Waals surface area contributed by atoms with Crippen LogP contribution in [-0.2, 0) is 16.1 Å². The summed E-state index contributed by atoms with van der Waals surface area (Å²) in [6.07, 6.45) is 5.41. The third kappa shape index (κ3) is 8.27. The lowest BCUT2D eigenvalue weighted by Crippen LogP contribution is -2.52. The minimum Gasteiger partial charge on any atom is -0.508 e. The number of nitrogens with one attached hydrogen (secondary N) is 1. The van der Waals surface area contributed by atoms with E-state index in [0.717, 1.165) is 89.3 Å². The summed E-state index contributed by atoms with van der Waals surface area (Å²) in [7, 11) is -1.53. The highest BCUT2D eigenvalue weighted by Gasteiger charge is 2.39. The lowest BCUT2D eigenvalue weighted by atomic mass is 9.80. The van der Waals surface area contributed by atoms with Gasteiger partial charge in [0, 0.05) is 79.3 Å². The summed E-state index contributed by atoms with van der Waals surface area (Å²) in [5.41, 5.74) is 5.21. The second-order valence-electron chi connectivity index (χ2n) is 16.2. The summed E-state index contributed by atoms with van der Waals surface area (Å²) in [4.78, 5) is 47.1. The molecule has 4 aliphatic rings. The third-order valence-corrected chi connectivity index (χ3v) is 13.6. The fourth-order valence-corrected chi connectivity index (χ4v) is 10.2. The van der Waals surface area contributed by atoms with Crippen LogP contribution in [0.15, 0.2) is 84.9 Å². The number of benzene rings is 4. The van der Waals surface area contributed by atoms with Crippen LogP contribution in [0.5, 0.6) is 17.2 Å². The van der Waals surface area contributed by atoms with Gasteiger partial charge in [-0.2, -0.15) is 0 Å². The van der Waals surface area contributed by atoms with Crippen LogP contribution in [0, 0.1) is 5.92 Å². The number of anilines is 2. The van der Waals surface area contributed by atoms with E-state index in [9.17, 15) is 29.5 Å². The quantitative estimate of drug-likeness (QED) is 0.102. The molecule has 4 aromatic carbocycles. The summed E-state index contributed by atoms with van der Waals surface area (Å²) in [5.74, 6) is 1.56. The normalized spacial score (nSPS) is 19.1. The number of piperidine rings is 2. The molecule has 0 aliphatic carbocycles. The number of carbonyl (C=O) groups excluding carboxylic acids is 3. The van der Waals surface area contributed by atoms with Crippen molar-refractivity contribution in [3.63, 3.8) is 0 Å². The minimum absolute atomic E-state index is 0.133. The average molecular weight is 814 g/mol. The lowest BCUT2D eigenvalue weighted by molar-refractivity contribution is -0.136. The molecule has 4 aliphatic heterocycles. The van der Waals surface area contributed by atoms with Gasteiger partial charge in [-0.15, -0.1) is 11.3 Å². The lowest BCUT2D eigenvalue weighted by Gasteiger charge is -2.37. The van der Waals surface area contributed by atoms with Gasteiger partial charge >= 0.3 is 7.12 Å². The van der Waals surface area contributed by atoms with Crippen molar-refractivity contribution in [3.05, 3.63) is 96.1 Å². The van der Waals surface area contributed by atoms with Crippen molar-refractivity contribution in [2.45, 2.75) is 51.1 Å². The maximum absolute atomic E-state index is 13.1. The van der Waals surface area contributed by atoms with Crippen LogP contribution in [-0.4, -0.2) is 102 Å². The predicted molar refractivity (Wildman–Crippen MR) is 231 cm³/mol. The zero-order valence-corrected chi connectivity index (χ0v) is 33.7. The van der Waals surface area contributed by atoms with Gasteiger partial charge < -0.3 is 34.6 Å². The van der Waals surface area contributed by atoms with E-state index in [1.165, 1.54) is 42.7 Å². The Hall–Kier alpha value is -5.41. The number of thiophene rings is 1. The first kappa shape index (κ1) is 39.1. The Morgan fingerprint density at radius 3 is 2.25 bits per heavy atom. The number of fused-ring (bicyclic) bond motifs is 2. The minimum atomic E-state index is -1.53. The van der Waals surface area contributed by atoms with Crippen LogP contribution < -0.4 is 25.3 Å². The molecule has 304 valence electrons. The molecular weight excluding hydrogens is 765 g/mol. The maximum atomic E-state index is 13.1. The Morgan fingerprint density at radius 1 is 0.797 bits per heavy atom. The molecular formula is C45H48BN5O7S. The summed E-state index contributed by atoms with van der Waals surface area (Å²) < 4.78 is 7.44. The van der Waals surface area contributed by atoms with Crippen molar-refractivity contribution in [2.75, 3.05) is 55.6 Å². The molecule has 1 unspecified atom stereocenters. The molecule has 0 saturated carbocycles. The Kier molecular flexibility index (Phi) is 11.1. The fourth-order valence-electron chi connectivity index (χ4n) is 9.07. The average Bonchev–Trinajstić information content (AvgIpc) is 3.77. The molecule has 5 heterocycles. The fraction of sp³-hybridized carbons (Fsp3) is 0.356. The van der Waals surface area contributed by atoms with Gasteiger partial charge in [0.2, 0.25) is 11.8 Å². The van der Waals surface area contributed by atoms with Crippen molar-refractivity contribution in [2.24, 2.45) is 5.92 Å². The Labute approximate surface area is 347 Å². The number of piperazine rings is 1. The third-order valence-electron chi connectivity index (χ3n) is 12.5. The van der Waals surface area contributed by atoms with Crippen LogP contribution >= 0.6 is 11.3 Å². The van der Waals surface area contributed by atoms with E-state index < -0.39 is 13.2 Å². The van der Waals surface area contributed by atoms with E-state index in [4.69, 9.17) is 4.74 Å². The van der Waals surface area contributed by atoms with Crippen molar-refractivity contribution in [3.8, 4) is 27.7 Å². The second kappa shape index (κ2) is 16.7. The first-order chi connectivity index (χ1) is 28.7. The first-order valence-electron chi connectivity index (χ1n) is 20.7. The van der Waals surface area contributed by atoms with Crippen molar-refractivity contribution < 1.29 is 34.3 Å². The van der Waals surface area contributed by atoms with Crippen LogP contribution in [0.1, 0.15) is 54.4 Å². The van der Waals surface area contributed by atoms with Gasteiger partial charge in [0.15, 0.2) is 5.75 Å². The number of phenols is 1. The van der Waals surface area contributed by atoms with Gasteiger partial charge in [-0.1, -0.05) is 24.3 Å². The van der Waals surface area contributed by atoms with E-state index in [0.29, 0.717) is 29.7 Å². The number of hydrogen-bond acceptors (Lipinski definition) is 11. The molecule has 14 heteroatoms. The van der Waals surface area contributed by atoms with Crippen LogP contribution in [0.2, 0.25) is 0 Å². The van der Waals surface area contributed by atoms with Gasteiger partial charge in [-0.3, -0.25) is 24.6 Å².